The molecule has 0 spiro atoms. The first-order valence-electron chi connectivity index (χ1n) is 10.1. The van der Waals surface area contributed by atoms with Crippen molar-refractivity contribution in [3.63, 3.8) is 0 Å². The Labute approximate surface area is 171 Å². The van der Waals surface area contributed by atoms with Gasteiger partial charge in [0, 0.05) is 41.1 Å². The van der Waals surface area contributed by atoms with E-state index in [1.807, 2.05) is 26.8 Å². The van der Waals surface area contributed by atoms with Crippen molar-refractivity contribution in [1.82, 2.24) is 4.98 Å². The Bertz CT molecular complexity index is 1020. The van der Waals surface area contributed by atoms with E-state index in [1.54, 1.807) is 6.92 Å². The minimum Gasteiger partial charge on any atom is -0.398 e. The van der Waals surface area contributed by atoms with Crippen LogP contribution in [0.1, 0.15) is 66.4 Å². The van der Waals surface area contributed by atoms with E-state index in [1.165, 1.54) is 6.07 Å². The summed E-state index contributed by atoms with van der Waals surface area (Å²) in [7, 11) is 0. The van der Waals surface area contributed by atoms with Gasteiger partial charge in [-0.15, -0.1) is 0 Å². The molecule has 0 bridgehead atoms. The zero-order valence-corrected chi connectivity index (χ0v) is 17.6. The Kier molecular flexibility index (Phi) is 6.24. The molecular formula is C23H30FN3O2. The number of ether oxygens (including phenoxy) is 1. The zero-order chi connectivity index (χ0) is 21.3. The predicted octanol–water partition coefficient (Wildman–Crippen LogP) is 4.06. The fourth-order valence-electron chi connectivity index (χ4n) is 4.24. The summed E-state index contributed by atoms with van der Waals surface area (Å²) in [6.45, 7) is 7.94. The smallest absolute Gasteiger partial charge is 0.251 e. The molecule has 1 unspecified atom stereocenters. The molecule has 1 atom stereocenters. The van der Waals surface area contributed by atoms with Crippen molar-refractivity contribution in [3.8, 4) is 0 Å². The highest BCUT2D eigenvalue weighted by Crippen LogP contribution is 2.39. The molecule has 5 N–H and O–H groups in total. The summed E-state index contributed by atoms with van der Waals surface area (Å²) < 4.78 is 19.6. The Morgan fingerprint density at radius 3 is 2.69 bits per heavy atom. The average Bonchev–Trinajstić information content (AvgIpc) is 2.68. The lowest BCUT2D eigenvalue weighted by Crippen LogP contribution is -2.22. The predicted molar refractivity (Wildman–Crippen MR) is 115 cm³/mol. The quantitative estimate of drug-likeness (QED) is 0.522. The van der Waals surface area contributed by atoms with E-state index in [9.17, 15) is 9.18 Å². The molecule has 1 aromatic heterocycles. The van der Waals surface area contributed by atoms with Gasteiger partial charge in [0.05, 0.1) is 0 Å². The summed E-state index contributed by atoms with van der Waals surface area (Å²) in [5, 5.41) is 0. The van der Waals surface area contributed by atoms with Gasteiger partial charge in [0.2, 0.25) is 0 Å². The molecule has 1 aliphatic carbocycles. The number of halogens is 1. The lowest BCUT2D eigenvalue weighted by Gasteiger charge is -2.25. The number of H-pyrrole nitrogens is 1. The van der Waals surface area contributed by atoms with E-state index in [0.29, 0.717) is 35.4 Å². The first-order valence-corrected chi connectivity index (χ1v) is 10.1. The standard InChI is InChI=1S/C23H30FN3O2/c1-5-29-22(26)18-10-15(27-23(28)14(18)4)9-12(2)16-7-6-8-17-13(3)19(24)11-20(25)21(16)17/h10-11,22H,5-9,25-26H2,1-4H3,(H,27,28)/b16-12-. The summed E-state index contributed by atoms with van der Waals surface area (Å²) in [4.78, 5) is 15.4. The van der Waals surface area contributed by atoms with Crippen LogP contribution in [0.25, 0.3) is 5.57 Å². The molecular weight excluding hydrogens is 369 g/mol. The highest BCUT2D eigenvalue weighted by Gasteiger charge is 2.23. The van der Waals surface area contributed by atoms with E-state index < -0.39 is 6.23 Å². The number of nitrogen functional groups attached to an aromatic ring is 1. The number of fused-ring (bicyclic) bond motifs is 1. The normalized spacial score (nSPS) is 16.5. The number of rotatable bonds is 5. The molecule has 1 aliphatic rings. The monoisotopic (exact) mass is 399 g/mol. The zero-order valence-electron chi connectivity index (χ0n) is 17.6. The number of allylic oxidation sites excluding steroid dienone is 2. The largest absolute Gasteiger partial charge is 0.398 e. The number of aromatic amines is 1. The topological polar surface area (TPSA) is 94.1 Å². The van der Waals surface area contributed by atoms with Gasteiger partial charge in [-0.1, -0.05) is 5.57 Å². The molecule has 0 radical (unpaired) electrons. The van der Waals surface area contributed by atoms with Gasteiger partial charge in [0.15, 0.2) is 0 Å². The number of hydrogen-bond donors (Lipinski definition) is 3. The maximum absolute atomic E-state index is 14.1. The Morgan fingerprint density at radius 2 is 2.00 bits per heavy atom. The van der Waals surface area contributed by atoms with E-state index in [0.717, 1.165) is 47.2 Å². The van der Waals surface area contributed by atoms with Crippen LogP contribution in [0.5, 0.6) is 0 Å². The van der Waals surface area contributed by atoms with Gasteiger partial charge in [-0.2, -0.15) is 0 Å². The van der Waals surface area contributed by atoms with Gasteiger partial charge in [0.1, 0.15) is 12.0 Å². The number of hydrogen-bond acceptors (Lipinski definition) is 4. The number of nitrogens with two attached hydrogens (primary N) is 2. The van der Waals surface area contributed by atoms with Crippen LogP contribution < -0.4 is 17.0 Å². The highest BCUT2D eigenvalue weighted by molar-refractivity contribution is 5.81. The second kappa shape index (κ2) is 8.51. The maximum atomic E-state index is 14.1. The summed E-state index contributed by atoms with van der Waals surface area (Å²) in [6, 6.07) is 3.32. The van der Waals surface area contributed by atoms with Crippen LogP contribution in [0.2, 0.25) is 0 Å². The SMILES string of the molecule is CCOC(N)c1cc(C/C(C)=C2/CCCc3c(C)c(F)cc(N)c32)[nH]c(=O)c1C. The number of benzene rings is 1. The fraction of sp³-hybridized carbons (Fsp3) is 0.435. The van der Waals surface area contributed by atoms with Crippen LogP contribution in [-0.4, -0.2) is 11.6 Å². The van der Waals surface area contributed by atoms with Crippen LogP contribution in [0.15, 0.2) is 22.5 Å². The Balaban J connectivity index is 2.04. The van der Waals surface area contributed by atoms with Crippen LogP contribution in [0.4, 0.5) is 10.1 Å². The van der Waals surface area contributed by atoms with Crippen molar-refractivity contribution < 1.29 is 9.13 Å². The van der Waals surface area contributed by atoms with E-state index in [-0.39, 0.29) is 11.4 Å². The van der Waals surface area contributed by atoms with Crippen molar-refractivity contribution in [3.05, 3.63) is 67.4 Å². The number of nitrogens with one attached hydrogen (secondary N) is 1. The number of aromatic nitrogens is 1. The Morgan fingerprint density at radius 1 is 1.28 bits per heavy atom. The third-order valence-corrected chi connectivity index (χ3v) is 5.84. The first kappa shape index (κ1) is 21.3. The molecule has 0 fully saturated rings. The van der Waals surface area contributed by atoms with Crippen molar-refractivity contribution in [1.29, 1.82) is 0 Å². The molecule has 3 rings (SSSR count). The minimum absolute atomic E-state index is 0.160. The summed E-state index contributed by atoms with van der Waals surface area (Å²) in [5.74, 6) is -0.252. The van der Waals surface area contributed by atoms with E-state index in [2.05, 4.69) is 4.98 Å². The second-order valence-corrected chi connectivity index (χ2v) is 7.80. The molecule has 6 heteroatoms. The molecule has 0 aliphatic heterocycles. The van der Waals surface area contributed by atoms with Crippen molar-refractivity contribution in [2.45, 2.75) is 59.6 Å². The van der Waals surface area contributed by atoms with Gasteiger partial charge in [0.25, 0.3) is 5.56 Å². The van der Waals surface area contributed by atoms with Crippen LogP contribution in [-0.2, 0) is 17.6 Å². The van der Waals surface area contributed by atoms with Gasteiger partial charge in [-0.3, -0.25) is 4.79 Å². The van der Waals surface area contributed by atoms with Crippen LogP contribution in [0, 0.1) is 19.7 Å². The van der Waals surface area contributed by atoms with Crippen LogP contribution >= 0.6 is 0 Å². The second-order valence-electron chi connectivity index (χ2n) is 7.80. The lowest BCUT2D eigenvalue weighted by molar-refractivity contribution is 0.0668. The van der Waals surface area contributed by atoms with Crippen LogP contribution in [0.3, 0.4) is 0 Å². The van der Waals surface area contributed by atoms with E-state index >= 15 is 0 Å². The van der Waals surface area contributed by atoms with E-state index in [4.69, 9.17) is 16.2 Å². The Hall–Kier alpha value is -2.44. The molecule has 5 nitrogen and oxygen atoms in total. The minimum atomic E-state index is -0.634. The molecule has 0 amide bonds. The van der Waals surface area contributed by atoms with Gasteiger partial charge in [-0.05, 0) is 75.8 Å². The molecule has 156 valence electrons. The summed E-state index contributed by atoms with van der Waals surface area (Å²) in [5.41, 5.74) is 19.6. The molecule has 1 heterocycles. The van der Waals surface area contributed by atoms with Crippen molar-refractivity contribution in [2.24, 2.45) is 5.73 Å². The fourth-order valence-corrected chi connectivity index (χ4v) is 4.24. The third kappa shape index (κ3) is 4.14. The number of pyridine rings is 1. The molecule has 0 saturated heterocycles. The van der Waals surface area contributed by atoms with Crippen molar-refractivity contribution >= 4 is 11.3 Å². The summed E-state index contributed by atoms with van der Waals surface area (Å²) >= 11 is 0. The molecule has 1 aromatic carbocycles. The molecule has 29 heavy (non-hydrogen) atoms. The summed E-state index contributed by atoms with van der Waals surface area (Å²) in [6.07, 6.45) is 2.59. The lowest BCUT2D eigenvalue weighted by atomic mass is 9.81. The molecule has 2 aromatic rings. The van der Waals surface area contributed by atoms with Gasteiger partial charge >= 0.3 is 0 Å². The number of anilines is 1. The average molecular weight is 400 g/mol. The van der Waals surface area contributed by atoms with Gasteiger partial charge < -0.3 is 21.2 Å². The maximum Gasteiger partial charge on any atom is 0.251 e. The van der Waals surface area contributed by atoms with Crippen molar-refractivity contribution in [2.75, 3.05) is 12.3 Å². The first-order chi connectivity index (χ1) is 13.7. The van der Waals surface area contributed by atoms with Gasteiger partial charge in [-0.25, -0.2) is 4.39 Å². The molecule has 0 saturated carbocycles. The highest BCUT2D eigenvalue weighted by atomic mass is 19.1. The third-order valence-electron chi connectivity index (χ3n) is 5.84.